The summed E-state index contributed by atoms with van der Waals surface area (Å²) in [5.41, 5.74) is 11.4. The molecule has 1 atom stereocenters. The van der Waals surface area contributed by atoms with Gasteiger partial charge in [0.05, 0.1) is 0 Å². The molecule has 1 unspecified atom stereocenters. The second-order valence-corrected chi connectivity index (χ2v) is 7.38. The second kappa shape index (κ2) is 9.62. The maximum Gasteiger partial charge on any atom is 0.0349 e. The van der Waals surface area contributed by atoms with Crippen LogP contribution in [0.1, 0.15) is 55.2 Å². The fraction of sp³-hybridized carbons (Fsp3) is 0.478. The normalized spacial score (nSPS) is 16.6. The molecule has 25 heavy (non-hydrogen) atoms. The smallest absolute Gasteiger partial charge is 0.0349 e. The highest BCUT2D eigenvalue weighted by molar-refractivity contribution is 5.52. The van der Waals surface area contributed by atoms with Crippen LogP contribution in [-0.2, 0) is 19.3 Å². The van der Waals surface area contributed by atoms with Gasteiger partial charge in [0.25, 0.3) is 0 Å². The van der Waals surface area contributed by atoms with E-state index >= 15 is 0 Å². The molecule has 134 valence electrons. The summed E-state index contributed by atoms with van der Waals surface area (Å²) in [4.78, 5) is 0. The molecule has 3 N–H and O–H groups in total. The van der Waals surface area contributed by atoms with Crippen molar-refractivity contribution in [3.63, 3.8) is 0 Å². The number of hydrogen-bond acceptors (Lipinski definition) is 2. The second-order valence-electron chi connectivity index (χ2n) is 7.38. The van der Waals surface area contributed by atoms with E-state index in [9.17, 15) is 0 Å². The van der Waals surface area contributed by atoms with Crippen molar-refractivity contribution in [3.8, 4) is 0 Å². The highest BCUT2D eigenvalue weighted by Gasteiger charge is 2.19. The Labute approximate surface area is 152 Å². The molecular formula is C23H32N2. The number of nitrogens with one attached hydrogen (secondary N) is 1. The van der Waals surface area contributed by atoms with Crippen LogP contribution in [0.4, 0.5) is 5.69 Å². The van der Waals surface area contributed by atoms with Crippen LogP contribution in [0.15, 0.2) is 48.5 Å². The van der Waals surface area contributed by atoms with Gasteiger partial charge in [-0.15, -0.1) is 0 Å². The number of aryl methyl sites for hydroxylation is 1. The molecule has 2 aromatic carbocycles. The lowest BCUT2D eigenvalue weighted by Crippen LogP contribution is -2.35. The molecular weight excluding hydrogens is 304 g/mol. The summed E-state index contributed by atoms with van der Waals surface area (Å²) in [6, 6.07) is 17.8. The van der Waals surface area contributed by atoms with Crippen molar-refractivity contribution in [2.45, 2.75) is 63.8 Å². The van der Waals surface area contributed by atoms with Crippen LogP contribution < -0.4 is 11.1 Å². The molecule has 0 heterocycles. The van der Waals surface area contributed by atoms with Crippen LogP contribution >= 0.6 is 0 Å². The first-order chi connectivity index (χ1) is 12.3. The van der Waals surface area contributed by atoms with E-state index in [1.165, 1.54) is 61.6 Å². The maximum absolute atomic E-state index is 6.08. The average Bonchev–Trinajstić information content (AvgIpc) is 2.65. The van der Waals surface area contributed by atoms with Crippen LogP contribution in [0.25, 0.3) is 0 Å². The van der Waals surface area contributed by atoms with Crippen LogP contribution in [0.2, 0.25) is 0 Å². The highest BCUT2D eigenvalue weighted by Crippen LogP contribution is 2.26. The summed E-state index contributed by atoms with van der Waals surface area (Å²) < 4.78 is 0. The zero-order valence-corrected chi connectivity index (χ0v) is 15.3. The van der Waals surface area contributed by atoms with Gasteiger partial charge < -0.3 is 11.1 Å². The molecule has 0 fully saturated rings. The fourth-order valence-corrected chi connectivity index (χ4v) is 3.95. The Morgan fingerprint density at radius 1 is 0.880 bits per heavy atom. The summed E-state index contributed by atoms with van der Waals surface area (Å²) in [6.07, 6.45) is 11.4. The molecule has 3 rings (SSSR count). The van der Waals surface area contributed by atoms with Gasteiger partial charge in [-0.3, -0.25) is 0 Å². The Balaban J connectivity index is 1.24. The topological polar surface area (TPSA) is 38.0 Å². The predicted octanol–water partition coefficient (Wildman–Crippen LogP) is 4.91. The molecule has 2 nitrogen and oxygen atoms in total. The van der Waals surface area contributed by atoms with Gasteiger partial charge >= 0.3 is 0 Å². The summed E-state index contributed by atoms with van der Waals surface area (Å²) in [6.45, 7) is 1.15. The van der Waals surface area contributed by atoms with E-state index in [-0.39, 0.29) is 0 Å². The van der Waals surface area contributed by atoms with E-state index < -0.39 is 0 Å². The summed E-state index contributed by atoms with van der Waals surface area (Å²) in [5.74, 6) is 0. The minimum Gasteiger partial charge on any atom is -0.398 e. The lowest BCUT2D eigenvalue weighted by Gasteiger charge is -2.26. The SMILES string of the molecule is Nc1cccc2c1CCC(NCCCCCCCc1ccccc1)C2. The first-order valence-corrected chi connectivity index (χ1v) is 9.96. The number of fused-ring (bicyclic) bond motifs is 1. The summed E-state index contributed by atoms with van der Waals surface area (Å²) in [7, 11) is 0. The van der Waals surface area contributed by atoms with Gasteiger partial charge in [0.2, 0.25) is 0 Å². The van der Waals surface area contributed by atoms with E-state index in [1.54, 1.807) is 0 Å². The summed E-state index contributed by atoms with van der Waals surface area (Å²) in [5, 5.41) is 3.76. The zero-order chi connectivity index (χ0) is 17.3. The Morgan fingerprint density at radius 3 is 2.56 bits per heavy atom. The molecule has 1 aliphatic carbocycles. The molecule has 0 saturated heterocycles. The zero-order valence-electron chi connectivity index (χ0n) is 15.3. The largest absolute Gasteiger partial charge is 0.398 e. The van der Waals surface area contributed by atoms with Gasteiger partial charge in [0.15, 0.2) is 0 Å². The van der Waals surface area contributed by atoms with Crippen LogP contribution in [0.3, 0.4) is 0 Å². The molecule has 0 aliphatic heterocycles. The minimum atomic E-state index is 0.632. The highest BCUT2D eigenvalue weighted by atomic mass is 14.9. The van der Waals surface area contributed by atoms with E-state index in [2.05, 4.69) is 47.8 Å². The third-order valence-electron chi connectivity index (χ3n) is 5.44. The number of rotatable bonds is 9. The molecule has 0 radical (unpaired) electrons. The first-order valence-electron chi connectivity index (χ1n) is 9.96. The molecule has 0 amide bonds. The quantitative estimate of drug-likeness (QED) is 0.504. The van der Waals surface area contributed by atoms with Crippen LogP contribution in [-0.4, -0.2) is 12.6 Å². The first kappa shape index (κ1) is 18.0. The van der Waals surface area contributed by atoms with E-state index in [1.807, 2.05) is 6.07 Å². The Bertz CT molecular complexity index is 636. The van der Waals surface area contributed by atoms with E-state index in [0.29, 0.717) is 6.04 Å². The number of anilines is 1. The number of nitrogens with two attached hydrogens (primary N) is 1. The predicted molar refractivity (Wildman–Crippen MR) is 108 cm³/mol. The molecule has 2 heteroatoms. The van der Waals surface area contributed by atoms with Gasteiger partial charge in [0.1, 0.15) is 0 Å². The lowest BCUT2D eigenvalue weighted by molar-refractivity contribution is 0.447. The van der Waals surface area contributed by atoms with Crippen LogP contribution in [0.5, 0.6) is 0 Å². The van der Waals surface area contributed by atoms with Crippen molar-refractivity contribution in [1.82, 2.24) is 5.32 Å². The Morgan fingerprint density at radius 2 is 1.68 bits per heavy atom. The van der Waals surface area contributed by atoms with E-state index in [4.69, 9.17) is 5.73 Å². The van der Waals surface area contributed by atoms with Crippen LogP contribution in [0, 0.1) is 0 Å². The number of nitrogen functional groups attached to an aromatic ring is 1. The fourth-order valence-electron chi connectivity index (χ4n) is 3.95. The summed E-state index contributed by atoms with van der Waals surface area (Å²) >= 11 is 0. The van der Waals surface area contributed by atoms with Crippen molar-refractivity contribution in [2.24, 2.45) is 0 Å². The van der Waals surface area contributed by atoms with Crippen molar-refractivity contribution < 1.29 is 0 Å². The van der Waals surface area contributed by atoms with Crippen molar-refractivity contribution in [2.75, 3.05) is 12.3 Å². The Kier molecular flexibility index (Phi) is 6.93. The monoisotopic (exact) mass is 336 g/mol. The molecule has 0 spiro atoms. The van der Waals surface area contributed by atoms with Gasteiger partial charge in [-0.05, 0) is 67.8 Å². The lowest BCUT2D eigenvalue weighted by atomic mass is 9.87. The number of hydrogen-bond donors (Lipinski definition) is 2. The van der Waals surface area contributed by atoms with Gasteiger partial charge in [-0.25, -0.2) is 0 Å². The van der Waals surface area contributed by atoms with Gasteiger partial charge in [-0.1, -0.05) is 61.7 Å². The minimum absolute atomic E-state index is 0.632. The average molecular weight is 337 g/mol. The third-order valence-corrected chi connectivity index (χ3v) is 5.44. The van der Waals surface area contributed by atoms with Crippen molar-refractivity contribution >= 4 is 5.69 Å². The van der Waals surface area contributed by atoms with E-state index in [0.717, 1.165) is 25.1 Å². The third kappa shape index (κ3) is 5.61. The Hall–Kier alpha value is -1.80. The maximum atomic E-state index is 6.08. The van der Waals surface area contributed by atoms with Gasteiger partial charge in [-0.2, -0.15) is 0 Å². The molecule has 1 aliphatic rings. The molecule has 0 saturated carbocycles. The number of benzene rings is 2. The molecule has 0 aromatic heterocycles. The standard InChI is InChI=1S/C23H32N2/c24-23-14-9-13-20-18-21(15-16-22(20)23)25-17-8-3-1-2-5-10-19-11-6-4-7-12-19/h4,6-7,9,11-14,21,25H,1-3,5,8,10,15-18,24H2. The van der Waals surface area contributed by atoms with Crippen molar-refractivity contribution in [1.29, 1.82) is 0 Å². The molecule has 0 bridgehead atoms. The van der Waals surface area contributed by atoms with Gasteiger partial charge in [0, 0.05) is 11.7 Å². The molecule has 2 aromatic rings. The number of unbranched alkanes of at least 4 members (excludes halogenated alkanes) is 4. The van der Waals surface area contributed by atoms with Crippen molar-refractivity contribution in [3.05, 3.63) is 65.2 Å².